The normalized spacial score (nSPS) is 28.2. The number of aromatic amines is 1. The molecule has 1 aliphatic carbocycles. The number of aromatic nitrogens is 1. The summed E-state index contributed by atoms with van der Waals surface area (Å²) in [6.45, 7) is 3.42. The Morgan fingerprint density at radius 2 is 1.86 bits per heavy atom. The Morgan fingerprint density at radius 3 is 2.38 bits per heavy atom. The number of hydrogen-bond donors (Lipinski definition) is 1. The van der Waals surface area contributed by atoms with Gasteiger partial charge >= 0.3 is 0 Å². The molecule has 2 aliphatic rings. The lowest BCUT2D eigenvalue weighted by atomic mass is 9.91. The maximum atomic E-state index is 12.7. The van der Waals surface area contributed by atoms with Gasteiger partial charge in [-0.15, -0.1) is 0 Å². The van der Waals surface area contributed by atoms with Crippen LogP contribution in [-0.4, -0.2) is 53.9 Å². The van der Waals surface area contributed by atoms with Crippen LogP contribution in [0.4, 0.5) is 0 Å². The predicted octanol–water partition coefficient (Wildman–Crippen LogP) is 1.10. The minimum Gasteiger partial charge on any atom is -0.338 e. The molecule has 0 spiro atoms. The number of rotatable bonds is 2. The van der Waals surface area contributed by atoms with Crippen LogP contribution < -0.4 is 5.56 Å². The van der Waals surface area contributed by atoms with Gasteiger partial charge in [0.1, 0.15) is 0 Å². The monoisotopic (exact) mass is 289 g/mol. The largest absolute Gasteiger partial charge is 0.338 e. The Balaban J connectivity index is 1.80. The number of carbonyl (C=O) groups is 1. The Bertz CT molecular complexity index is 594. The maximum Gasteiger partial charge on any atom is 0.254 e. The molecule has 1 amide bonds. The van der Waals surface area contributed by atoms with E-state index in [1.807, 2.05) is 4.90 Å². The second kappa shape index (κ2) is 5.30. The molecule has 21 heavy (non-hydrogen) atoms. The van der Waals surface area contributed by atoms with Gasteiger partial charge in [0.25, 0.3) is 5.91 Å². The first-order valence-electron chi connectivity index (χ1n) is 7.62. The van der Waals surface area contributed by atoms with Gasteiger partial charge in [-0.2, -0.15) is 0 Å². The fraction of sp³-hybridized carbons (Fsp3) is 0.625. The molecular formula is C16H23N3O2. The first kappa shape index (κ1) is 14.3. The van der Waals surface area contributed by atoms with Crippen molar-refractivity contribution in [3.05, 3.63) is 33.7 Å². The van der Waals surface area contributed by atoms with Gasteiger partial charge in [0.05, 0.1) is 0 Å². The third kappa shape index (κ3) is 2.62. The highest BCUT2D eigenvalue weighted by Crippen LogP contribution is 2.39. The molecule has 1 aromatic heterocycles. The van der Waals surface area contributed by atoms with Crippen LogP contribution in [0.5, 0.6) is 0 Å². The second-order valence-electron chi connectivity index (χ2n) is 6.68. The Labute approximate surface area is 124 Å². The Morgan fingerprint density at radius 1 is 1.24 bits per heavy atom. The van der Waals surface area contributed by atoms with E-state index < -0.39 is 0 Å². The van der Waals surface area contributed by atoms with E-state index in [1.165, 1.54) is 18.9 Å². The van der Waals surface area contributed by atoms with E-state index in [0.29, 0.717) is 23.4 Å². The van der Waals surface area contributed by atoms with Crippen LogP contribution in [0.1, 0.15) is 28.9 Å². The molecule has 2 bridgehead atoms. The molecule has 1 unspecified atom stereocenters. The molecule has 2 heterocycles. The molecule has 0 radical (unpaired) electrons. The van der Waals surface area contributed by atoms with Crippen molar-refractivity contribution < 1.29 is 4.79 Å². The van der Waals surface area contributed by atoms with Crippen LogP contribution in [0, 0.1) is 18.8 Å². The van der Waals surface area contributed by atoms with Crippen molar-refractivity contribution in [3.8, 4) is 0 Å². The van der Waals surface area contributed by atoms with E-state index in [9.17, 15) is 9.59 Å². The number of nitrogens with zero attached hydrogens (tertiary/aromatic N) is 2. The highest BCUT2D eigenvalue weighted by molar-refractivity contribution is 5.94. The summed E-state index contributed by atoms with van der Waals surface area (Å²) in [6.07, 6.45) is 2.40. The lowest BCUT2D eigenvalue weighted by Gasteiger charge is -2.41. The molecule has 5 nitrogen and oxygen atoms in total. The molecule has 0 aromatic carbocycles. The van der Waals surface area contributed by atoms with Gasteiger partial charge in [-0.3, -0.25) is 9.59 Å². The summed E-state index contributed by atoms with van der Waals surface area (Å²) in [5.74, 6) is 1.12. The number of piperidine rings is 1. The quantitative estimate of drug-likeness (QED) is 0.887. The number of hydrogen-bond acceptors (Lipinski definition) is 3. The fourth-order valence-corrected chi connectivity index (χ4v) is 4.19. The summed E-state index contributed by atoms with van der Waals surface area (Å²) in [7, 11) is 4.27. The van der Waals surface area contributed by atoms with Gasteiger partial charge in [0.15, 0.2) is 0 Å². The number of H-pyrrole nitrogens is 1. The topological polar surface area (TPSA) is 56.4 Å². The number of fused-ring (bicyclic) bond motifs is 2. The van der Waals surface area contributed by atoms with E-state index in [4.69, 9.17) is 0 Å². The van der Waals surface area contributed by atoms with E-state index in [1.54, 1.807) is 13.0 Å². The highest BCUT2D eigenvalue weighted by Gasteiger charge is 2.44. The van der Waals surface area contributed by atoms with Crippen LogP contribution >= 0.6 is 0 Å². The number of carbonyl (C=O) groups excluding carboxylic acids is 1. The van der Waals surface area contributed by atoms with Crippen molar-refractivity contribution in [3.63, 3.8) is 0 Å². The summed E-state index contributed by atoms with van der Waals surface area (Å²) in [4.78, 5) is 31.1. The Hall–Kier alpha value is -1.62. The molecule has 114 valence electrons. The second-order valence-corrected chi connectivity index (χ2v) is 6.68. The van der Waals surface area contributed by atoms with Crippen LogP contribution in [-0.2, 0) is 0 Å². The first-order valence-corrected chi connectivity index (χ1v) is 7.62. The number of pyridine rings is 1. The van der Waals surface area contributed by atoms with Crippen molar-refractivity contribution in [1.82, 2.24) is 14.8 Å². The molecule has 1 aliphatic heterocycles. The van der Waals surface area contributed by atoms with Crippen molar-refractivity contribution in [1.29, 1.82) is 0 Å². The fourth-order valence-electron chi connectivity index (χ4n) is 4.19. The zero-order valence-electron chi connectivity index (χ0n) is 12.9. The van der Waals surface area contributed by atoms with Gasteiger partial charge in [-0.05, 0) is 51.8 Å². The van der Waals surface area contributed by atoms with Crippen molar-refractivity contribution >= 4 is 5.91 Å². The predicted molar refractivity (Wildman–Crippen MR) is 81.4 cm³/mol. The van der Waals surface area contributed by atoms with Crippen molar-refractivity contribution in [2.75, 3.05) is 27.2 Å². The molecule has 5 heteroatoms. The minimum absolute atomic E-state index is 0.00157. The summed E-state index contributed by atoms with van der Waals surface area (Å²) in [5, 5.41) is 0. The summed E-state index contributed by atoms with van der Waals surface area (Å²) in [6, 6.07) is 3.77. The number of amides is 1. The van der Waals surface area contributed by atoms with Gasteiger partial charge in [-0.25, -0.2) is 0 Å². The van der Waals surface area contributed by atoms with Gasteiger partial charge in [0, 0.05) is 36.5 Å². The number of likely N-dealkylation sites (tertiary alicyclic amines) is 1. The summed E-state index contributed by atoms with van der Waals surface area (Å²) < 4.78 is 0. The van der Waals surface area contributed by atoms with Crippen LogP contribution in [0.15, 0.2) is 16.9 Å². The maximum absolute atomic E-state index is 12.7. The summed E-state index contributed by atoms with van der Waals surface area (Å²) >= 11 is 0. The third-order valence-electron chi connectivity index (χ3n) is 4.89. The van der Waals surface area contributed by atoms with E-state index in [2.05, 4.69) is 24.0 Å². The lowest BCUT2D eigenvalue weighted by molar-refractivity contribution is 0.0487. The zero-order chi connectivity index (χ0) is 15.1. The lowest BCUT2D eigenvalue weighted by Crippen LogP contribution is -2.52. The van der Waals surface area contributed by atoms with Crippen LogP contribution in [0.2, 0.25) is 0 Å². The standard InChI is InChI=1S/C16H23N3O2/c1-10-6-13(7-14(20)17-10)16(21)19-8-11-4-5-12(9-19)15(11)18(2)3/h6-7,11-12,15H,4-5,8-9H2,1-3H3,(H,17,20)/t11-,12+,15?. The minimum atomic E-state index is -0.204. The molecule has 1 N–H and O–H groups in total. The molecule has 1 saturated heterocycles. The number of aryl methyl sites for hydroxylation is 1. The van der Waals surface area contributed by atoms with E-state index in [0.717, 1.165) is 18.8 Å². The highest BCUT2D eigenvalue weighted by atomic mass is 16.2. The summed E-state index contributed by atoms with van der Waals surface area (Å²) in [5.41, 5.74) is 1.04. The number of nitrogens with one attached hydrogen (secondary N) is 1. The van der Waals surface area contributed by atoms with Crippen molar-refractivity contribution in [2.45, 2.75) is 25.8 Å². The van der Waals surface area contributed by atoms with Gasteiger partial charge < -0.3 is 14.8 Å². The molecular weight excluding hydrogens is 266 g/mol. The molecule has 1 saturated carbocycles. The van der Waals surface area contributed by atoms with E-state index in [-0.39, 0.29) is 11.5 Å². The molecule has 3 atom stereocenters. The molecule has 1 aromatic rings. The smallest absolute Gasteiger partial charge is 0.254 e. The van der Waals surface area contributed by atoms with Crippen molar-refractivity contribution in [2.24, 2.45) is 11.8 Å². The Kier molecular flexibility index (Phi) is 3.61. The average Bonchev–Trinajstić information content (AvgIpc) is 2.68. The van der Waals surface area contributed by atoms with Crippen LogP contribution in [0.25, 0.3) is 0 Å². The van der Waals surface area contributed by atoms with Crippen LogP contribution in [0.3, 0.4) is 0 Å². The van der Waals surface area contributed by atoms with E-state index >= 15 is 0 Å². The van der Waals surface area contributed by atoms with Gasteiger partial charge in [0.2, 0.25) is 5.56 Å². The first-order chi connectivity index (χ1) is 9.95. The molecule has 2 fully saturated rings. The van der Waals surface area contributed by atoms with Gasteiger partial charge in [-0.1, -0.05) is 0 Å². The molecule has 3 rings (SSSR count). The SMILES string of the molecule is Cc1cc(C(=O)N2C[C@H]3CC[C@@H](C2)C3N(C)C)cc(=O)[nH]1. The average molecular weight is 289 g/mol. The zero-order valence-corrected chi connectivity index (χ0v) is 12.9. The third-order valence-corrected chi connectivity index (χ3v) is 4.89.